The number of rotatable bonds is 59. The van der Waals surface area contributed by atoms with Crippen molar-refractivity contribution in [1.29, 1.82) is 0 Å². The Morgan fingerprint density at radius 1 is 0.269 bits per heavy atom. The second-order valence-electron chi connectivity index (χ2n) is 21.6. The van der Waals surface area contributed by atoms with Crippen molar-refractivity contribution in [2.45, 2.75) is 316 Å². The number of carbonyl (C=O) groups excluding carboxylic acids is 3. The van der Waals surface area contributed by atoms with E-state index >= 15 is 0 Å². The first-order valence-electron chi connectivity index (χ1n) is 32.9. The van der Waals surface area contributed by atoms with E-state index in [1.807, 2.05) is 0 Å². The molecule has 0 aromatic rings. The fourth-order valence-electron chi connectivity index (χ4n) is 9.10. The SMILES string of the molecule is CC/C=C\C/C=C\C/C=C\C/C=C\C/C=C\C/C=C\CCCCCCCCC(=O)OC(COC(=O)CCCCCCCCCC)COC(=O)CCCCCCCCCCCCCC/C=C\C/C=C\C/C=C\CCCCCCC. The Labute approximate surface area is 482 Å². The lowest BCUT2D eigenvalue weighted by molar-refractivity contribution is -0.167. The highest BCUT2D eigenvalue weighted by Gasteiger charge is 2.19. The average Bonchev–Trinajstić information content (AvgIpc) is 3.44. The molecule has 1 unspecified atom stereocenters. The van der Waals surface area contributed by atoms with E-state index in [1.165, 1.54) is 148 Å². The molecule has 0 aliphatic rings. The van der Waals surface area contributed by atoms with Crippen LogP contribution in [0.3, 0.4) is 0 Å². The van der Waals surface area contributed by atoms with E-state index in [2.05, 4.69) is 130 Å². The van der Waals surface area contributed by atoms with Gasteiger partial charge >= 0.3 is 17.9 Å². The molecule has 1 atom stereocenters. The van der Waals surface area contributed by atoms with E-state index in [0.29, 0.717) is 19.3 Å². The number of carbonyl (C=O) groups is 3. The summed E-state index contributed by atoms with van der Waals surface area (Å²) in [4.78, 5) is 38.2. The van der Waals surface area contributed by atoms with Crippen molar-refractivity contribution in [3.63, 3.8) is 0 Å². The predicted octanol–water partition coefficient (Wildman–Crippen LogP) is 22.6. The van der Waals surface area contributed by atoms with Gasteiger partial charge < -0.3 is 14.2 Å². The Morgan fingerprint density at radius 2 is 0.500 bits per heavy atom. The van der Waals surface area contributed by atoms with Crippen LogP contribution in [0.5, 0.6) is 0 Å². The summed E-state index contributed by atoms with van der Waals surface area (Å²) in [6.45, 7) is 6.49. The van der Waals surface area contributed by atoms with Crippen molar-refractivity contribution in [2.24, 2.45) is 0 Å². The van der Waals surface area contributed by atoms with Gasteiger partial charge in [-0.25, -0.2) is 0 Å². The molecule has 78 heavy (non-hydrogen) atoms. The van der Waals surface area contributed by atoms with Gasteiger partial charge in [0.2, 0.25) is 0 Å². The van der Waals surface area contributed by atoms with Crippen LogP contribution in [0.25, 0.3) is 0 Å². The predicted molar refractivity (Wildman–Crippen MR) is 339 cm³/mol. The van der Waals surface area contributed by atoms with Gasteiger partial charge in [0.25, 0.3) is 0 Å². The minimum atomic E-state index is -0.787. The highest BCUT2D eigenvalue weighted by atomic mass is 16.6. The number of allylic oxidation sites excluding steroid dienone is 18. The molecule has 0 heterocycles. The number of ether oxygens (including phenoxy) is 3. The van der Waals surface area contributed by atoms with Crippen LogP contribution in [0.15, 0.2) is 109 Å². The van der Waals surface area contributed by atoms with Crippen molar-refractivity contribution in [3.8, 4) is 0 Å². The highest BCUT2D eigenvalue weighted by molar-refractivity contribution is 5.71. The molecule has 0 saturated carbocycles. The molecular formula is C72H122O6. The van der Waals surface area contributed by atoms with Crippen LogP contribution < -0.4 is 0 Å². The summed E-state index contributed by atoms with van der Waals surface area (Å²) in [6.07, 6.45) is 89.7. The minimum Gasteiger partial charge on any atom is -0.462 e. The molecule has 0 saturated heterocycles. The zero-order chi connectivity index (χ0) is 56.4. The molecule has 0 aromatic heterocycles. The van der Waals surface area contributed by atoms with Crippen LogP contribution in [-0.4, -0.2) is 37.2 Å². The van der Waals surface area contributed by atoms with E-state index in [0.717, 1.165) is 122 Å². The summed E-state index contributed by atoms with van der Waals surface area (Å²) in [6, 6.07) is 0. The number of hydrogen-bond donors (Lipinski definition) is 0. The minimum absolute atomic E-state index is 0.0838. The molecule has 0 N–H and O–H groups in total. The lowest BCUT2D eigenvalue weighted by atomic mass is 10.0. The van der Waals surface area contributed by atoms with Gasteiger partial charge in [0.1, 0.15) is 13.2 Å². The standard InChI is InChI=1S/C72H122O6/c1-4-7-10-13-16-19-21-23-25-27-29-31-33-35-36-38-39-41-43-45-47-49-51-53-56-59-62-65-71(74)77-68-69(67-76-70(73)64-61-58-55-18-15-12-9-6-3)78-72(75)66-63-60-57-54-52-50-48-46-44-42-40-37-34-32-30-28-26-24-22-20-17-14-11-8-5-2/h8,11,17,20-21,23-24,26-27,29-30,32-33,35,37,40,44,46,69H,4-7,9-10,12-16,18-19,22,25,28,31,34,36,38-39,41-43,45,47-68H2,1-3H3/b11-8-,20-17-,23-21-,26-24-,29-27-,32-30-,35-33-,40-37-,46-44-. The normalized spacial score (nSPS) is 12.8. The van der Waals surface area contributed by atoms with Crippen molar-refractivity contribution >= 4 is 17.9 Å². The summed E-state index contributed by atoms with van der Waals surface area (Å²) in [7, 11) is 0. The van der Waals surface area contributed by atoms with E-state index in [9.17, 15) is 14.4 Å². The molecule has 0 aliphatic heterocycles. The summed E-state index contributed by atoms with van der Waals surface area (Å²) in [5.74, 6) is -0.898. The van der Waals surface area contributed by atoms with Gasteiger partial charge in [-0.3, -0.25) is 14.4 Å². The first kappa shape index (κ1) is 74.1. The van der Waals surface area contributed by atoms with Gasteiger partial charge in [-0.2, -0.15) is 0 Å². The molecule has 0 bridgehead atoms. The van der Waals surface area contributed by atoms with Gasteiger partial charge in [-0.15, -0.1) is 0 Å². The topological polar surface area (TPSA) is 78.9 Å². The lowest BCUT2D eigenvalue weighted by Crippen LogP contribution is -2.30. The molecule has 0 aliphatic carbocycles. The Bertz CT molecular complexity index is 1570. The summed E-state index contributed by atoms with van der Waals surface area (Å²) < 4.78 is 16.9. The van der Waals surface area contributed by atoms with Gasteiger partial charge in [0, 0.05) is 19.3 Å². The smallest absolute Gasteiger partial charge is 0.306 e. The van der Waals surface area contributed by atoms with Crippen molar-refractivity contribution in [2.75, 3.05) is 13.2 Å². The van der Waals surface area contributed by atoms with Crippen molar-refractivity contribution < 1.29 is 28.6 Å². The van der Waals surface area contributed by atoms with Gasteiger partial charge in [0.15, 0.2) is 6.10 Å². The Morgan fingerprint density at radius 3 is 0.782 bits per heavy atom. The first-order chi connectivity index (χ1) is 38.5. The van der Waals surface area contributed by atoms with Crippen LogP contribution in [0, 0.1) is 0 Å². The fourth-order valence-corrected chi connectivity index (χ4v) is 9.10. The monoisotopic (exact) mass is 1080 g/mol. The molecule has 0 fully saturated rings. The number of unbranched alkanes of at least 4 members (excludes halogenated alkanes) is 30. The fraction of sp³-hybridized carbons (Fsp3) is 0.708. The third kappa shape index (κ3) is 62.9. The maximum atomic E-state index is 12.9. The van der Waals surface area contributed by atoms with Crippen LogP contribution in [0.2, 0.25) is 0 Å². The van der Waals surface area contributed by atoms with Crippen molar-refractivity contribution in [1.82, 2.24) is 0 Å². The molecule has 0 aromatic carbocycles. The highest BCUT2D eigenvalue weighted by Crippen LogP contribution is 2.16. The molecule has 0 spiro atoms. The average molecular weight is 1080 g/mol. The van der Waals surface area contributed by atoms with Gasteiger partial charge in [-0.1, -0.05) is 291 Å². The summed E-state index contributed by atoms with van der Waals surface area (Å²) in [5.41, 5.74) is 0. The number of esters is 3. The molecule has 446 valence electrons. The molecule has 0 radical (unpaired) electrons. The molecule has 6 nitrogen and oxygen atoms in total. The van der Waals surface area contributed by atoms with Gasteiger partial charge in [-0.05, 0) is 109 Å². The maximum Gasteiger partial charge on any atom is 0.306 e. The molecule has 0 amide bonds. The molecule has 6 heteroatoms. The molecular weight excluding hydrogens is 961 g/mol. The second-order valence-corrected chi connectivity index (χ2v) is 21.6. The van der Waals surface area contributed by atoms with Crippen LogP contribution >= 0.6 is 0 Å². The largest absolute Gasteiger partial charge is 0.462 e. The Balaban J connectivity index is 4.21. The maximum absolute atomic E-state index is 12.9. The summed E-state index contributed by atoms with van der Waals surface area (Å²) in [5, 5.41) is 0. The lowest BCUT2D eigenvalue weighted by Gasteiger charge is -2.18. The van der Waals surface area contributed by atoms with E-state index in [-0.39, 0.29) is 31.1 Å². The van der Waals surface area contributed by atoms with Gasteiger partial charge in [0.05, 0.1) is 0 Å². The third-order valence-electron chi connectivity index (χ3n) is 14.0. The third-order valence-corrected chi connectivity index (χ3v) is 14.0. The van der Waals surface area contributed by atoms with Crippen LogP contribution in [0.1, 0.15) is 310 Å². The Hall–Kier alpha value is -3.93. The van der Waals surface area contributed by atoms with E-state index in [1.54, 1.807) is 0 Å². The first-order valence-corrected chi connectivity index (χ1v) is 32.9. The Kier molecular flexibility index (Phi) is 62.3. The summed E-state index contributed by atoms with van der Waals surface area (Å²) >= 11 is 0. The van der Waals surface area contributed by atoms with E-state index < -0.39 is 6.10 Å². The number of hydrogen-bond acceptors (Lipinski definition) is 6. The second kappa shape index (κ2) is 65.6. The van der Waals surface area contributed by atoms with E-state index in [4.69, 9.17) is 14.2 Å². The van der Waals surface area contributed by atoms with Crippen LogP contribution in [0.4, 0.5) is 0 Å². The molecule has 0 rings (SSSR count). The van der Waals surface area contributed by atoms with Crippen molar-refractivity contribution in [3.05, 3.63) is 109 Å². The quantitative estimate of drug-likeness (QED) is 0.0261. The zero-order valence-corrected chi connectivity index (χ0v) is 51.2. The zero-order valence-electron chi connectivity index (χ0n) is 51.2. The van der Waals surface area contributed by atoms with Crippen LogP contribution in [-0.2, 0) is 28.6 Å².